The molecule has 20 heavy (non-hydrogen) atoms. The standard InChI is InChI=1S/C17H24ClNO/c1-13(2)16(20)19-9-5-8-17(3,12-19)11-14-6-4-7-15(18)10-14/h4,6-7,10,13H,5,8-9,11-12H2,1-3H3. The van der Waals surface area contributed by atoms with E-state index in [2.05, 4.69) is 13.0 Å². The summed E-state index contributed by atoms with van der Waals surface area (Å²) in [6.45, 7) is 8.00. The second-order valence-corrected chi connectivity index (χ2v) is 7.07. The van der Waals surface area contributed by atoms with E-state index in [1.165, 1.54) is 12.0 Å². The van der Waals surface area contributed by atoms with Gasteiger partial charge in [0.25, 0.3) is 0 Å². The van der Waals surface area contributed by atoms with Crippen LogP contribution in [0.1, 0.15) is 39.2 Å². The fraction of sp³-hybridized carbons (Fsp3) is 0.588. The van der Waals surface area contributed by atoms with Crippen LogP contribution in [0.3, 0.4) is 0 Å². The molecule has 3 heteroatoms. The van der Waals surface area contributed by atoms with E-state index in [-0.39, 0.29) is 17.2 Å². The summed E-state index contributed by atoms with van der Waals surface area (Å²) in [5.74, 6) is 0.366. The number of carbonyl (C=O) groups excluding carboxylic acids is 1. The molecule has 1 saturated heterocycles. The maximum atomic E-state index is 12.2. The summed E-state index contributed by atoms with van der Waals surface area (Å²) in [6, 6.07) is 8.07. The summed E-state index contributed by atoms with van der Waals surface area (Å²) in [4.78, 5) is 14.2. The topological polar surface area (TPSA) is 20.3 Å². The first kappa shape index (κ1) is 15.4. The molecule has 1 heterocycles. The Morgan fingerprint density at radius 2 is 2.20 bits per heavy atom. The monoisotopic (exact) mass is 293 g/mol. The van der Waals surface area contributed by atoms with Crippen molar-refractivity contribution in [2.75, 3.05) is 13.1 Å². The van der Waals surface area contributed by atoms with Gasteiger partial charge in [-0.3, -0.25) is 4.79 Å². The van der Waals surface area contributed by atoms with Crippen molar-refractivity contribution in [2.24, 2.45) is 11.3 Å². The third-order valence-corrected chi connectivity index (χ3v) is 4.34. The van der Waals surface area contributed by atoms with Crippen molar-refractivity contribution in [2.45, 2.75) is 40.0 Å². The Balaban J connectivity index is 2.08. The molecule has 0 radical (unpaired) electrons. The number of halogens is 1. The molecule has 0 bridgehead atoms. The van der Waals surface area contributed by atoms with Gasteiger partial charge in [-0.2, -0.15) is 0 Å². The first-order valence-corrected chi connectivity index (χ1v) is 7.81. The van der Waals surface area contributed by atoms with Crippen LogP contribution < -0.4 is 0 Å². The van der Waals surface area contributed by atoms with E-state index < -0.39 is 0 Å². The fourth-order valence-electron chi connectivity index (χ4n) is 3.15. The molecule has 0 spiro atoms. The molecule has 1 aliphatic heterocycles. The van der Waals surface area contributed by atoms with Gasteiger partial charge in [-0.1, -0.05) is 44.5 Å². The summed E-state index contributed by atoms with van der Waals surface area (Å²) < 4.78 is 0. The maximum absolute atomic E-state index is 12.2. The smallest absolute Gasteiger partial charge is 0.225 e. The number of piperidine rings is 1. The van der Waals surface area contributed by atoms with E-state index in [1.807, 2.05) is 36.9 Å². The van der Waals surface area contributed by atoms with Crippen LogP contribution in [0.25, 0.3) is 0 Å². The Hall–Kier alpha value is -1.02. The lowest BCUT2D eigenvalue weighted by molar-refractivity contribution is -0.137. The first-order chi connectivity index (χ1) is 9.39. The van der Waals surface area contributed by atoms with Gasteiger partial charge in [-0.05, 0) is 42.4 Å². The van der Waals surface area contributed by atoms with Crippen LogP contribution >= 0.6 is 11.6 Å². The average molecular weight is 294 g/mol. The number of likely N-dealkylation sites (tertiary alicyclic amines) is 1. The van der Waals surface area contributed by atoms with E-state index in [1.54, 1.807) is 0 Å². The Bertz CT molecular complexity index is 486. The number of hydrogen-bond donors (Lipinski definition) is 0. The predicted molar refractivity (Wildman–Crippen MR) is 83.9 cm³/mol. The summed E-state index contributed by atoms with van der Waals surface area (Å²) >= 11 is 6.06. The van der Waals surface area contributed by atoms with Gasteiger partial charge in [0.05, 0.1) is 0 Å². The number of hydrogen-bond acceptors (Lipinski definition) is 1. The molecular weight excluding hydrogens is 270 g/mol. The lowest BCUT2D eigenvalue weighted by Crippen LogP contribution is -2.47. The minimum Gasteiger partial charge on any atom is -0.342 e. The molecule has 110 valence electrons. The molecule has 1 aromatic rings. The highest BCUT2D eigenvalue weighted by atomic mass is 35.5. The number of benzene rings is 1. The van der Waals surface area contributed by atoms with Crippen molar-refractivity contribution in [3.63, 3.8) is 0 Å². The van der Waals surface area contributed by atoms with Crippen LogP contribution in [0.4, 0.5) is 0 Å². The first-order valence-electron chi connectivity index (χ1n) is 7.43. The predicted octanol–water partition coefficient (Wildman–Crippen LogP) is 4.17. The zero-order valence-corrected chi connectivity index (χ0v) is 13.4. The van der Waals surface area contributed by atoms with Gasteiger partial charge in [0.15, 0.2) is 0 Å². The molecule has 1 atom stereocenters. The van der Waals surface area contributed by atoms with Gasteiger partial charge in [-0.25, -0.2) is 0 Å². The zero-order valence-electron chi connectivity index (χ0n) is 12.7. The third kappa shape index (κ3) is 3.76. The molecule has 0 aromatic heterocycles. The van der Waals surface area contributed by atoms with Crippen molar-refractivity contribution < 1.29 is 4.79 Å². The van der Waals surface area contributed by atoms with E-state index in [4.69, 9.17) is 11.6 Å². The van der Waals surface area contributed by atoms with Gasteiger partial charge >= 0.3 is 0 Å². The lowest BCUT2D eigenvalue weighted by atomic mass is 9.76. The Morgan fingerprint density at radius 3 is 2.85 bits per heavy atom. The third-order valence-electron chi connectivity index (χ3n) is 4.11. The quantitative estimate of drug-likeness (QED) is 0.819. The second kappa shape index (κ2) is 6.17. The van der Waals surface area contributed by atoms with E-state index >= 15 is 0 Å². The maximum Gasteiger partial charge on any atom is 0.225 e. The van der Waals surface area contributed by atoms with Crippen molar-refractivity contribution in [1.29, 1.82) is 0 Å². The van der Waals surface area contributed by atoms with Crippen LogP contribution in [-0.2, 0) is 11.2 Å². The largest absolute Gasteiger partial charge is 0.342 e. The molecule has 1 aromatic carbocycles. The van der Waals surface area contributed by atoms with Crippen molar-refractivity contribution in [3.05, 3.63) is 34.9 Å². The minimum absolute atomic E-state index is 0.0866. The molecule has 1 amide bonds. The van der Waals surface area contributed by atoms with Gasteiger partial charge in [0.2, 0.25) is 5.91 Å². The Morgan fingerprint density at radius 1 is 1.45 bits per heavy atom. The van der Waals surface area contributed by atoms with Crippen LogP contribution in [0.2, 0.25) is 5.02 Å². The van der Waals surface area contributed by atoms with Gasteiger partial charge in [-0.15, -0.1) is 0 Å². The van der Waals surface area contributed by atoms with Crippen molar-refractivity contribution in [1.82, 2.24) is 4.90 Å². The molecule has 1 unspecified atom stereocenters. The SMILES string of the molecule is CC(C)C(=O)N1CCCC(C)(Cc2cccc(Cl)c2)C1. The Kier molecular flexibility index (Phi) is 4.74. The van der Waals surface area contributed by atoms with Crippen LogP contribution in [-0.4, -0.2) is 23.9 Å². The lowest BCUT2D eigenvalue weighted by Gasteiger charge is -2.41. The molecule has 1 aliphatic rings. The normalized spacial score (nSPS) is 23.1. The molecule has 1 fully saturated rings. The molecule has 2 rings (SSSR count). The highest BCUT2D eigenvalue weighted by Crippen LogP contribution is 2.34. The molecule has 2 nitrogen and oxygen atoms in total. The highest BCUT2D eigenvalue weighted by Gasteiger charge is 2.33. The van der Waals surface area contributed by atoms with Gasteiger partial charge in [0, 0.05) is 24.0 Å². The van der Waals surface area contributed by atoms with Crippen molar-refractivity contribution >= 4 is 17.5 Å². The molecule has 0 saturated carbocycles. The zero-order chi connectivity index (χ0) is 14.8. The number of amides is 1. The molecular formula is C17H24ClNO. The fourth-order valence-corrected chi connectivity index (χ4v) is 3.37. The molecule has 0 N–H and O–H groups in total. The van der Waals surface area contributed by atoms with Gasteiger partial charge in [0.1, 0.15) is 0 Å². The number of nitrogens with zero attached hydrogens (tertiary/aromatic N) is 1. The van der Waals surface area contributed by atoms with Crippen LogP contribution in [0.5, 0.6) is 0 Å². The van der Waals surface area contributed by atoms with E-state index in [9.17, 15) is 4.79 Å². The van der Waals surface area contributed by atoms with Crippen LogP contribution in [0, 0.1) is 11.3 Å². The molecule has 0 aliphatic carbocycles. The summed E-state index contributed by atoms with van der Waals surface area (Å²) in [5.41, 5.74) is 1.42. The number of carbonyl (C=O) groups is 1. The highest BCUT2D eigenvalue weighted by molar-refractivity contribution is 6.30. The van der Waals surface area contributed by atoms with Crippen LogP contribution in [0.15, 0.2) is 24.3 Å². The number of rotatable bonds is 3. The van der Waals surface area contributed by atoms with E-state index in [0.717, 1.165) is 31.0 Å². The Labute approximate surface area is 127 Å². The minimum atomic E-state index is 0.0866. The average Bonchev–Trinajstić information content (AvgIpc) is 2.37. The summed E-state index contributed by atoms with van der Waals surface area (Å²) in [6.07, 6.45) is 3.24. The van der Waals surface area contributed by atoms with E-state index in [0.29, 0.717) is 0 Å². The summed E-state index contributed by atoms with van der Waals surface area (Å²) in [7, 11) is 0. The van der Waals surface area contributed by atoms with Gasteiger partial charge < -0.3 is 4.90 Å². The summed E-state index contributed by atoms with van der Waals surface area (Å²) in [5, 5.41) is 0.789. The van der Waals surface area contributed by atoms with Crippen molar-refractivity contribution in [3.8, 4) is 0 Å². The second-order valence-electron chi connectivity index (χ2n) is 6.64.